The van der Waals surface area contributed by atoms with Crippen LogP contribution in [0.1, 0.15) is 30.1 Å². The zero-order valence-electron chi connectivity index (χ0n) is 9.81. The van der Waals surface area contributed by atoms with Gasteiger partial charge in [0.05, 0.1) is 22.2 Å². The average molecular weight is 266 g/mol. The van der Waals surface area contributed by atoms with Crippen molar-refractivity contribution in [1.29, 1.82) is 0 Å². The van der Waals surface area contributed by atoms with Crippen LogP contribution >= 0.6 is 11.6 Å². The van der Waals surface area contributed by atoms with Crippen molar-refractivity contribution in [2.75, 3.05) is 0 Å². The summed E-state index contributed by atoms with van der Waals surface area (Å²) in [4.78, 5) is 26.6. The summed E-state index contributed by atoms with van der Waals surface area (Å²) in [6.07, 6.45) is 1.19. The first kappa shape index (κ1) is 12.8. The van der Waals surface area contributed by atoms with Gasteiger partial charge in [-0.3, -0.25) is 9.79 Å². The maximum Gasteiger partial charge on any atom is 0.337 e. The normalized spacial score (nSPS) is 21.6. The molecule has 4 nitrogen and oxygen atoms in total. The fourth-order valence-electron chi connectivity index (χ4n) is 1.94. The number of hydrogen-bond acceptors (Lipinski definition) is 3. The van der Waals surface area contributed by atoms with Crippen molar-refractivity contribution in [3.05, 3.63) is 28.8 Å². The van der Waals surface area contributed by atoms with E-state index in [9.17, 15) is 9.59 Å². The van der Waals surface area contributed by atoms with Crippen LogP contribution in [-0.2, 0) is 4.79 Å². The predicted octanol–water partition coefficient (Wildman–Crippen LogP) is 3.11. The molecule has 1 fully saturated rings. The van der Waals surface area contributed by atoms with Crippen molar-refractivity contribution in [3.8, 4) is 0 Å². The Morgan fingerprint density at radius 3 is 2.67 bits per heavy atom. The Morgan fingerprint density at radius 2 is 2.17 bits per heavy atom. The molecular formula is C13H12ClNO3. The Labute approximate surface area is 109 Å². The van der Waals surface area contributed by atoms with Gasteiger partial charge in [0.25, 0.3) is 0 Å². The molecule has 0 radical (unpaired) electrons. The Morgan fingerprint density at radius 1 is 1.44 bits per heavy atom. The van der Waals surface area contributed by atoms with Crippen LogP contribution in [-0.4, -0.2) is 22.6 Å². The van der Waals surface area contributed by atoms with E-state index < -0.39 is 5.97 Å². The molecule has 0 aromatic heterocycles. The Balaban J connectivity index is 2.31. The van der Waals surface area contributed by atoms with Crippen LogP contribution in [0.2, 0.25) is 5.02 Å². The van der Waals surface area contributed by atoms with Gasteiger partial charge in [-0.05, 0) is 24.6 Å². The van der Waals surface area contributed by atoms with Crippen LogP contribution in [0.25, 0.3) is 0 Å². The first-order valence-electron chi connectivity index (χ1n) is 5.62. The largest absolute Gasteiger partial charge is 0.478 e. The van der Waals surface area contributed by atoms with Crippen LogP contribution in [0.4, 0.5) is 5.69 Å². The standard InChI is InChI=1S/C13H12ClNO3/c1-7-11(4-5-12(7)16)15-8-2-3-9(13(17)18)10(14)6-8/h2-3,6-7H,4-5H2,1H3,(H,17,18). The highest BCUT2D eigenvalue weighted by atomic mass is 35.5. The summed E-state index contributed by atoms with van der Waals surface area (Å²) < 4.78 is 0. The van der Waals surface area contributed by atoms with E-state index in [0.717, 1.165) is 5.71 Å². The van der Waals surface area contributed by atoms with Crippen molar-refractivity contribution in [3.63, 3.8) is 0 Å². The number of Topliss-reactive ketones (excluding diaryl/α,β-unsaturated/α-hetero) is 1. The van der Waals surface area contributed by atoms with Crippen LogP contribution in [0, 0.1) is 5.92 Å². The van der Waals surface area contributed by atoms with Crippen LogP contribution in [0.5, 0.6) is 0 Å². The number of carbonyl (C=O) groups is 2. The molecule has 1 saturated carbocycles. The molecule has 5 heteroatoms. The first-order valence-corrected chi connectivity index (χ1v) is 6.00. The molecule has 1 aromatic carbocycles. The number of aromatic carboxylic acids is 1. The second-order valence-electron chi connectivity index (χ2n) is 4.26. The van der Waals surface area contributed by atoms with Crippen molar-refractivity contribution in [1.82, 2.24) is 0 Å². The molecule has 1 aliphatic rings. The van der Waals surface area contributed by atoms with Gasteiger partial charge < -0.3 is 5.11 Å². The van der Waals surface area contributed by atoms with Crippen molar-refractivity contribution in [2.45, 2.75) is 19.8 Å². The lowest BCUT2D eigenvalue weighted by molar-refractivity contribution is -0.119. The SMILES string of the molecule is CC1C(=O)CCC1=Nc1ccc(C(=O)O)c(Cl)c1. The van der Waals surface area contributed by atoms with E-state index in [0.29, 0.717) is 18.5 Å². The third-order valence-corrected chi connectivity index (χ3v) is 3.38. The minimum Gasteiger partial charge on any atom is -0.478 e. The van der Waals surface area contributed by atoms with Gasteiger partial charge in [0.2, 0.25) is 0 Å². The number of aliphatic imine (C=N–C) groups is 1. The van der Waals surface area contributed by atoms with Crippen LogP contribution in [0.3, 0.4) is 0 Å². The number of benzene rings is 1. The number of carboxylic acid groups (broad SMARTS) is 1. The van der Waals surface area contributed by atoms with Gasteiger partial charge in [0.15, 0.2) is 0 Å². The van der Waals surface area contributed by atoms with E-state index >= 15 is 0 Å². The minimum atomic E-state index is -1.07. The summed E-state index contributed by atoms with van der Waals surface area (Å²) in [6.45, 7) is 1.83. The third-order valence-electron chi connectivity index (χ3n) is 3.07. The molecule has 0 spiro atoms. The fourth-order valence-corrected chi connectivity index (χ4v) is 2.19. The van der Waals surface area contributed by atoms with E-state index in [2.05, 4.69) is 4.99 Å². The minimum absolute atomic E-state index is 0.0520. The van der Waals surface area contributed by atoms with Crippen LogP contribution in [0.15, 0.2) is 23.2 Å². The summed E-state index contributed by atoms with van der Waals surface area (Å²) >= 11 is 5.86. The zero-order chi connectivity index (χ0) is 13.3. The Kier molecular flexibility index (Phi) is 3.48. The molecule has 1 N–H and O–H groups in total. The highest BCUT2D eigenvalue weighted by molar-refractivity contribution is 6.33. The second kappa shape index (κ2) is 4.90. The summed E-state index contributed by atoms with van der Waals surface area (Å²) in [5.41, 5.74) is 1.47. The van der Waals surface area contributed by atoms with Crippen LogP contribution < -0.4 is 0 Å². The molecule has 18 heavy (non-hydrogen) atoms. The summed E-state index contributed by atoms with van der Waals surface area (Å²) in [5.74, 6) is -1.02. The van der Waals surface area contributed by atoms with Crippen molar-refractivity contribution < 1.29 is 14.7 Å². The summed E-state index contributed by atoms with van der Waals surface area (Å²) in [7, 11) is 0. The molecule has 0 amide bonds. The van der Waals surface area contributed by atoms with E-state index in [1.165, 1.54) is 12.1 Å². The molecule has 1 aliphatic carbocycles. The van der Waals surface area contributed by atoms with Crippen molar-refractivity contribution in [2.24, 2.45) is 10.9 Å². The lowest BCUT2D eigenvalue weighted by Gasteiger charge is -2.04. The van der Waals surface area contributed by atoms with Gasteiger partial charge in [0.1, 0.15) is 5.78 Å². The fraction of sp³-hybridized carbons (Fsp3) is 0.308. The molecular weight excluding hydrogens is 254 g/mol. The molecule has 1 aromatic rings. The van der Waals surface area contributed by atoms with Gasteiger partial charge in [-0.15, -0.1) is 0 Å². The van der Waals surface area contributed by atoms with E-state index in [1.54, 1.807) is 6.07 Å². The average Bonchev–Trinajstić information content (AvgIpc) is 2.61. The van der Waals surface area contributed by atoms with E-state index in [1.807, 2.05) is 6.92 Å². The number of ketones is 1. The predicted molar refractivity (Wildman–Crippen MR) is 68.9 cm³/mol. The maximum atomic E-state index is 11.4. The van der Waals surface area contributed by atoms with Gasteiger partial charge in [-0.1, -0.05) is 18.5 Å². The molecule has 0 heterocycles. The van der Waals surface area contributed by atoms with Crippen molar-refractivity contribution >= 4 is 34.8 Å². The van der Waals surface area contributed by atoms with Gasteiger partial charge in [-0.25, -0.2) is 4.79 Å². The molecule has 2 rings (SSSR count). The molecule has 1 atom stereocenters. The molecule has 1 unspecified atom stereocenters. The number of hydrogen-bond donors (Lipinski definition) is 1. The monoisotopic (exact) mass is 265 g/mol. The number of rotatable bonds is 2. The Bertz CT molecular complexity index is 551. The Hall–Kier alpha value is -1.68. The van der Waals surface area contributed by atoms with Gasteiger partial charge >= 0.3 is 5.97 Å². The van der Waals surface area contributed by atoms with Gasteiger partial charge in [0, 0.05) is 12.1 Å². The van der Waals surface area contributed by atoms with E-state index in [-0.39, 0.29) is 22.3 Å². The first-order chi connectivity index (χ1) is 8.49. The smallest absolute Gasteiger partial charge is 0.337 e. The number of carbonyl (C=O) groups excluding carboxylic acids is 1. The maximum absolute atomic E-state index is 11.4. The quantitative estimate of drug-likeness (QED) is 0.893. The zero-order valence-corrected chi connectivity index (χ0v) is 10.6. The third kappa shape index (κ3) is 2.43. The highest BCUT2D eigenvalue weighted by Gasteiger charge is 2.26. The number of carboxylic acids is 1. The topological polar surface area (TPSA) is 66.7 Å². The number of halogens is 1. The summed E-state index contributed by atoms with van der Waals surface area (Å²) in [6, 6.07) is 4.52. The molecule has 0 saturated heterocycles. The molecule has 0 aliphatic heterocycles. The lowest BCUT2D eigenvalue weighted by atomic mass is 10.1. The second-order valence-corrected chi connectivity index (χ2v) is 4.67. The number of nitrogens with zero attached hydrogens (tertiary/aromatic N) is 1. The lowest BCUT2D eigenvalue weighted by Crippen LogP contribution is -2.09. The van der Waals surface area contributed by atoms with E-state index in [4.69, 9.17) is 16.7 Å². The molecule has 0 bridgehead atoms. The highest BCUT2D eigenvalue weighted by Crippen LogP contribution is 2.26. The summed E-state index contributed by atoms with van der Waals surface area (Å²) in [5, 5.41) is 9.01. The molecule has 94 valence electrons. The van der Waals surface area contributed by atoms with Gasteiger partial charge in [-0.2, -0.15) is 0 Å².